The van der Waals surface area contributed by atoms with Crippen LogP contribution < -0.4 is 15.4 Å². The van der Waals surface area contributed by atoms with Crippen LogP contribution in [0.25, 0.3) is 0 Å². The van der Waals surface area contributed by atoms with E-state index in [9.17, 15) is 4.79 Å². The predicted molar refractivity (Wildman–Crippen MR) is 84.3 cm³/mol. The maximum atomic E-state index is 11.9. The lowest BCUT2D eigenvalue weighted by atomic mass is 10.1. The van der Waals surface area contributed by atoms with Crippen LogP contribution in [0.1, 0.15) is 44.1 Å². The molecule has 0 atom stereocenters. The minimum Gasteiger partial charge on any atom is -0.497 e. The molecule has 1 aliphatic rings. The van der Waals surface area contributed by atoms with Crippen LogP contribution in [0.4, 0.5) is 0 Å². The Labute approximate surface area is 127 Å². The molecule has 0 saturated heterocycles. The molecule has 0 aromatic heterocycles. The summed E-state index contributed by atoms with van der Waals surface area (Å²) in [6.07, 6.45) is 7.64. The molecule has 21 heavy (non-hydrogen) atoms. The van der Waals surface area contributed by atoms with Gasteiger partial charge in [-0.2, -0.15) is 0 Å². The lowest BCUT2D eigenvalue weighted by Gasteiger charge is -2.15. The molecule has 1 saturated carbocycles. The molecule has 1 fully saturated rings. The summed E-state index contributed by atoms with van der Waals surface area (Å²) in [4.78, 5) is 11.9. The molecule has 0 heterocycles. The van der Waals surface area contributed by atoms with Crippen molar-refractivity contribution in [1.82, 2.24) is 10.6 Å². The molecule has 116 valence electrons. The number of methoxy groups -OCH3 is 1. The van der Waals surface area contributed by atoms with Crippen LogP contribution in [0.2, 0.25) is 0 Å². The Bertz CT molecular complexity index is 423. The fourth-order valence-corrected chi connectivity index (χ4v) is 2.73. The van der Waals surface area contributed by atoms with E-state index in [2.05, 4.69) is 10.6 Å². The molecule has 0 bridgehead atoms. The zero-order valence-corrected chi connectivity index (χ0v) is 12.9. The van der Waals surface area contributed by atoms with Crippen molar-refractivity contribution in [2.24, 2.45) is 0 Å². The monoisotopic (exact) mass is 290 g/mol. The third-order valence-corrected chi connectivity index (χ3v) is 4.06. The second-order valence-electron chi connectivity index (χ2n) is 5.69. The maximum absolute atomic E-state index is 11.9. The number of hydrogen-bond acceptors (Lipinski definition) is 3. The lowest BCUT2D eigenvalue weighted by Crippen LogP contribution is -2.38. The van der Waals surface area contributed by atoms with E-state index in [1.807, 2.05) is 24.3 Å². The maximum Gasteiger partial charge on any atom is 0.234 e. The van der Waals surface area contributed by atoms with Crippen molar-refractivity contribution >= 4 is 5.91 Å². The summed E-state index contributed by atoms with van der Waals surface area (Å²) < 4.78 is 5.11. The van der Waals surface area contributed by atoms with Gasteiger partial charge in [0.15, 0.2) is 0 Å². The van der Waals surface area contributed by atoms with E-state index >= 15 is 0 Å². The Hall–Kier alpha value is -1.55. The Morgan fingerprint density at radius 2 is 1.81 bits per heavy atom. The summed E-state index contributed by atoms with van der Waals surface area (Å²) in [6.45, 7) is 0.982. The van der Waals surface area contributed by atoms with Crippen LogP contribution in [0.3, 0.4) is 0 Å². The van der Waals surface area contributed by atoms with Gasteiger partial charge in [-0.25, -0.2) is 0 Å². The van der Waals surface area contributed by atoms with Crippen LogP contribution in [0, 0.1) is 0 Å². The van der Waals surface area contributed by atoms with E-state index in [-0.39, 0.29) is 5.91 Å². The van der Waals surface area contributed by atoms with Gasteiger partial charge < -0.3 is 15.4 Å². The second kappa shape index (κ2) is 8.67. The van der Waals surface area contributed by atoms with Crippen LogP contribution in [0.5, 0.6) is 5.75 Å². The second-order valence-corrected chi connectivity index (χ2v) is 5.69. The third kappa shape index (κ3) is 5.76. The highest BCUT2D eigenvalue weighted by Gasteiger charge is 2.12. The third-order valence-electron chi connectivity index (χ3n) is 4.06. The van der Waals surface area contributed by atoms with Crippen molar-refractivity contribution in [2.75, 3.05) is 13.7 Å². The number of hydrogen-bond donors (Lipinski definition) is 2. The van der Waals surface area contributed by atoms with Crippen LogP contribution in [0.15, 0.2) is 24.3 Å². The van der Waals surface area contributed by atoms with Crippen molar-refractivity contribution in [1.29, 1.82) is 0 Å². The highest BCUT2D eigenvalue weighted by atomic mass is 16.5. The van der Waals surface area contributed by atoms with E-state index in [0.29, 0.717) is 19.1 Å². The molecule has 0 unspecified atom stereocenters. The Kier molecular flexibility index (Phi) is 6.54. The molecule has 0 aliphatic heterocycles. The number of ether oxygens (including phenoxy) is 1. The molecule has 4 nitrogen and oxygen atoms in total. The summed E-state index contributed by atoms with van der Waals surface area (Å²) in [5, 5.41) is 6.33. The Morgan fingerprint density at radius 3 is 2.43 bits per heavy atom. The molecule has 1 aromatic rings. The lowest BCUT2D eigenvalue weighted by molar-refractivity contribution is -0.120. The summed E-state index contributed by atoms with van der Waals surface area (Å²) >= 11 is 0. The number of carbonyl (C=O) groups is 1. The Balaban J connectivity index is 1.66. The predicted octanol–water partition coefficient (Wildman–Crippen LogP) is 2.62. The molecule has 2 N–H and O–H groups in total. The SMILES string of the molecule is COc1ccc(CNC(=O)CNC2CCCCCC2)cc1. The van der Waals surface area contributed by atoms with Gasteiger partial charge in [0.2, 0.25) is 5.91 Å². The zero-order chi connectivity index (χ0) is 14.9. The molecule has 0 spiro atoms. The molecule has 1 aliphatic carbocycles. The molecule has 0 radical (unpaired) electrons. The quantitative estimate of drug-likeness (QED) is 0.792. The number of rotatable bonds is 6. The standard InChI is InChI=1S/C17H26N2O2/c1-21-16-10-8-14(9-11-16)12-19-17(20)13-18-15-6-4-2-3-5-7-15/h8-11,15,18H,2-7,12-13H2,1H3,(H,19,20). The van der Waals surface area contributed by atoms with Gasteiger partial charge in [0.1, 0.15) is 5.75 Å². The zero-order valence-electron chi connectivity index (χ0n) is 12.9. The largest absolute Gasteiger partial charge is 0.497 e. The number of benzene rings is 1. The average Bonchev–Trinajstić information content (AvgIpc) is 2.80. The van der Waals surface area contributed by atoms with Crippen molar-refractivity contribution in [3.05, 3.63) is 29.8 Å². The van der Waals surface area contributed by atoms with Gasteiger partial charge in [-0.3, -0.25) is 4.79 Å². The fraction of sp³-hybridized carbons (Fsp3) is 0.588. The smallest absolute Gasteiger partial charge is 0.234 e. The van der Waals surface area contributed by atoms with Crippen molar-refractivity contribution in [2.45, 2.75) is 51.1 Å². The minimum atomic E-state index is 0.0649. The summed E-state index contributed by atoms with van der Waals surface area (Å²) in [6, 6.07) is 8.27. The molecule has 2 rings (SSSR count). The van der Waals surface area contributed by atoms with Crippen LogP contribution >= 0.6 is 0 Å². The topological polar surface area (TPSA) is 50.4 Å². The number of amides is 1. The van der Waals surface area contributed by atoms with E-state index in [4.69, 9.17) is 4.74 Å². The van der Waals surface area contributed by atoms with E-state index in [1.54, 1.807) is 7.11 Å². The number of carbonyl (C=O) groups excluding carboxylic acids is 1. The van der Waals surface area contributed by atoms with Crippen LogP contribution in [-0.2, 0) is 11.3 Å². The normalized spacial score (nSPS) is 16.2. The van der Waals surface area contributed by atoms with Gasteiger partial charge in [-0.05, 0) is 30.5 Å². The first-order chi connectivity index (χ1) is 10.3. The van der Waals surface area contributed by atoms with Crippen LogP contribution in [-0.4, -0.2) is 25.6 Å². The van der Waals surface area contributed by atoms with Gasteiger partial charge in [0, 0.05) is 12.6 Å². The summed E-state index contributed by atoms with van der Waals surface area (Å²) in [7, 11) is 1.65. The van der Waals surface area contributed by atoms with Gasteiger partial charge in [0.25, 0.3) is 0 Å². The molecule has 1 amide bonds. The number of nitrogens with one attached hydrogen (secondary N) is 2. The van der Waals surface area contributed by atoms with E-state index in [0.717, 1.165) is 11.3 Å². The highest BCUT2D eigenvalue weighted by molar-refractivity contribution is 5.78. The summed E-state index contributed by atoms with van der Waals surface area (Å²) in [5.41, 5.74) is 1.08. The molecular formula is C17H26N2O2. The van der Waals surface area contributed by atoms with Crippen molar-refractivity contribution < 1.29 is 9.53 Å². The minimum absolute atomic E-state index is 0.0649. The highest BCUT2D eigenvalue weighted by Crippen LogP contribution is 2.16. The molecular weight excluding hydrogens is 264 g/mol. The van der Waals surface area contributed by atoms with Crippen molar-refractivity contribution in [3.8, 4) is 5.75 Å². The first-order valence-electron chi connectivity index (χ1n) is 7.91. The molecule has 4 heteroatoms. The first kappa shape index (κ1) is 15.8. The molecule has 1 aromatic carbocycles. The van der Waals surface area contributed by atoms with E-state index < -0.39 is 0 Å². The summed E-state index contributed by atoms with van der Waals surface area (Å²) in [5.74, 6) is 0.898. The Morgan fingerprint density at radius 1 is 1.14 bits per heavy atom. The first-order valence-corrected chi connectivity index (χ1v) is 7.91. The van der Waals surface area contributed by atoms with Gasteiger partial charge in [-0.1, -0.05) is 37.8 Å². The van der Waals surface area contributed by atoms with Gasteiger partial charge >= 0.3 is 0 Å². The van der Waals surface area contributed by atoms with Crippen molar-refractivity contribution in [3.63, 3.8) is 0 Å². The average molecular weight is 290 g/mol. The van der Waals surface area contributed by atoms with Gasteiger partial charge in [-0.15, -0.1) is 0 Å². The fourth-order valence-electron chi connectivity index (χ4n) is 2.73. The van der Waals surface area contributed by atoms with E-state index in [1.165, 1.54) is 38.5 Å². The van der Waals surface area contributed by atoms with Gasteiger partial charge in [0.05, 0.1) is 13.7 Å².